The Morgan fingerprint density at radius 3 is 2.40 bits per heavy atom. The van der Waals surface area contributed by atoms with E-state index in [1.807, 2.05) is 24.3 Å². The van der Waals surface area contributed by atoms with Crippen LogP contribution in [0.3, 0.4) is 0 Å². The summed E-state index contributed by atoms with van der Waals surface area (Å²) in [6, 6.07) is 17.8. The minimum absolute atomic E-state index is 0.00192. The number of nitrogens with zero attached hydrogens (tertiary/aromatic N) is 1. The molecule has 4 rings (SSSR count). The van der Waals surface area contributed by atoms with E-state index in [1.54, 1.807) is 30.3 Å². The highest BCUT2D eigenvalue weighted by Gasteiger charge is 2.36. The third kappa shape index (κ3) is 7.11. The van der Waals surface area contributed by atoms with E-state index in [2.05, 4.69) is 10.6 Å². The summed E-state index contributed by atoms with van der Waals surface area (Å²) in [6.07, 6.45) is 0.285. The van der Waals surface area contributed by atoms with Crippen molar-refractivity contribution in [1.82, 2.24) is 10.2 Å². The summed E-state index contributed by atoms with van der Waals surface area (Å²) >= 11 is 6.08. The minimum atomic E-state index is -1.05. The highest BCUT2D eigenvalue weighted by atomic mass is 35.5. The molecule has 0 saturated carbocycles. The van der Waals surface area contributed by atoms with Crippen LogP contribution in [0.2, 0.25) is 5.02 Å². The molecule has 3 aromatic carbocycles. The first kappa shape index (κ1) is 28.9. The fourth-order valence-electron chi connectivity index (χ4n) is 4.67. The molecule has 3 aromatic rings. The molecule has 4 N–H and O–H groups in total. The van der Waals surface area contributed by atoms with Crippen molar-refractivity contribution in [2.75, 3.05) is 11.9 Å². The number of carbonyl (C=O) groups is 4. The van der Waals surface area contributed by atoms with Crippen LogP contribution in [0.1, 0.15) is 40.7 Å². The van der Waals surface area contributed by atoms with E-state index in [1.165, 1.54) is 11.0 Å². The zero-order chi connectivity index (χ0) is 28.6. The van der Waals surface area contributed by atoms with Crippen molar-refractivity contribution in [1.29, 1.82) is 0 Å². The second kappa shape index (κ2) is 13.3. The number of rotatable bonds is 10. The minimum Gasteiger partial charge on any atom is -0.342 e. The molecule has 0 aromatic heterocycles. The number of halogens is 2. The van der Waals surface area contributed by atoms with Crippen LogP contribution in [-0.2, 0) is 27.3 Å². The third-order valence-electron chi connectivity index (χ3n) is 6.81. The van der Waals surface area contributed by atoms with Crippen molar-refractivity contribution in [2.45, 2.75) is 44.3 Å². The number of ketones is 1. The van der Waals surface area contributed by atoms with Crippen molar-refractivity contribution in [3.8, 4) is 0 Å². The molecule has 0 radical (unpaired) electrons. The van der Waals surface area contributed by atoms with Gasteiger partial charge >= 0.3 is 0 Å². The molecule has 1 heterocycles. The van der Waals surface area contributed by atoms with Crippen LogP contribution in [-0.4, -0.2) is 47.0 Å². The zero-order valence-corrected chi connectivity index (χ0v) is 22.5. The number of fused-ring (bicyclic) bond motifs is 1. The van der Waals surface area contributed by atoms with Gasteiger partial charge in [0.2, 0.25) is 17.7 Å². The Bertz CT molecular complexity index is 1400. The van der Waals surface area contributed by atoms with Gasteiger partial charge in [-0.1, -0.05) is 66.2 Å². The SMILES string of the molecule is NCCC(NC(=O)[C@@H]1Cc2ccccc2CN1C(=O)CCC(=O)c1ccccc1)C(=O)Nc1cc(F)ccc1Cl. The Morgan fingerprint density at radius 2 is 1.68 bits per heavy atom. The van der Waals surface area contributed by atoms with E-state index in [9.17, 15) is 23.6 Å². The first-order valence-electron chi connectivity index (χ1n) is 13.0. The Morgan fingerprint density at radius 1 is 0.975 bits per heavy atom. The Balaban J connectivity index is 1.50. The first-order chi connectivity index (χ1) is 19.3. The van der Waals surface area contributed by atoms with Gasteiger partial charge in [-0.2, -0.15) is 0 Å². The molecule has 3 amide bonds. The largest absolute Gasteiger partial charge is 0.342 e. The molecule has 0 spiro atoms. The molecular formula is C30H30ClFN4O4. The number of Topliss-reactive ketones (excluding diaryl/α,β-unsaturated/α-hetero) is 1. The van der Waals surface area contributed by atoms with Crippen LogP contribution < -0.4 is 16.4 Å². The molecule has 1 aliphatic rings. The number of nitrogens with two attached hydrogens (primary N) is 1. The van der Waals surface area contributed by atoms with Crippen molar-refractivity contribution < 1.29 is 23.6 Å². The number of hydrogen-bond donors (Lipinski definition) is 3. The number of carbonyl (C=O) groups excluding carboxylic acids is 4. The maximum atomic E-state index is 13.7. The lowest BCUT2D eigenvalue weighted by Gasteiger charge is -2.36. The lowest BCUT2D eigenvalue weighted by atomic mass is 9.92. The van der Waals surface area contributed by atoms with Crippen LogP contribution in [0.5, 0.6) is 0 Å². The average Bonchev–Trinajstić information content (AvgIpc) is 2.97. The first-order valence-corrected chi connectivity index (χ1v) is 13.4. The van der Waals surface area contributed by atoms with Gasteiger partial charge in [0.05, 0.1) is 10.7 Å². The van der Waals surface area contributed by atoms with E-state index in [0.717, 1.165) is 23.3 Å². The van der Waals surface area contributed by atoms with Crippen molar-refractivity contribution >= 4 is 40.8 Å². The van der Waals surface area contributed by atoms with Crippen LogP contribution in [0, 0.1) is 5.82 Å². The molecule has 1 unspecified atom stereocenters. The van der Waals surface area contributed by atoms with Gasteiger partial charge in [0.1, 0.15) is 17.9 Å². The number of anilines is 1. The van der Waals surface area contributed by atoms with Gasteiger partial charge in [-0.25, -0.2) is 4.39 Å². The van der Waals surface area contributed by atoms with E-state index in [4.69, 9.17) is 17.3 Å². The predicted molar refractivity (Wildman–Crippen MR) is 150 cm³/mol. The van der Waals surface area contributed by atoms with Crippen LogP contribution in [0.25, 0.3) is 0 Å². The molecule has 0 saturated heterocycles. The highest BCUT2D eigenvalue weighted by molar-refractivity contribution is 6.33. The smallest absolute Gasteiger partial charge is 0.247 e. The summed E-state index contributed by atoms with van der Waals surface area (Å²) in [7, 11) is 0. The quantitative estimate of drug-likeness (QED) is 0.323. The Hall–Kier alpha value is -4.08. The number of amides is 3. The van der Waals surface area contributed by atoms with Gasteiger partial charge in [0.25, 0.3) is 0 Å². The van der Waals surface area contributed by atoms with Gasteiger partial charge in [-0.05, 0) is 42.3 Å². The second-order valence-corrected chi connectivity index (χ2v) is 9.96. The van der Waals surface area contributed by atoms with Gasteiger partial charge in [0.15, 0.2) is 5.78 Å². The van der Waals surface area contributed by atoms with Gasteiger partial charge in [-0.15, -0.1) is 0 Å². The molecule has 0 fully saturated rings. The summed E-state index contributed by atoms with van der Waals surface area (Å²) in [5.74, 6) is -2.24. The number of benzene rings is 3. The average molecular weight is 565 g/mol. The van der Waals surface area contributed by atoms with Gasteiger partial charge in [0, 0.05) is 31.4 Å². The summed E-state index contributed by atoms with van der Waals surface area (Å²) in [6.45, 7) is 0.284. The molecule has 1 aliphatic heterocycles. The maximum absolute atomic E-state index is 13.7. The Labute approximate surface area is 236 Å². The van der Waals surface area contributed by atoms with Crippen LogP contribution in [0.15, 0.2) is 72.8 Å². The lowest BCUT2D eigenvalue weighted by Crippen LogP contribution is -2.56. The molecule has 208 valence electrons. The molecule has 8 nitrogen and oxygen atoms in total. The van der Waals surface area contributed by atoms with Crippen molar-refractivity contribution in [2.24, 2.45) is 5.73 Å². The molecule has 2 atom stereocenters. The van der Waals surface area contributed by atoms with Gasteiger partial charge < -0.3 is 21.3 Å². The monoisotopic (exact) mass is 564 g/mol. The molecule has 0 bridgehead atoms. The fourth-order valence-corrected chi connectivity index (χ4v) is 4.83. The summed E-state index contributed by atoms with van der Waals surface area (Å²) in [4.78, 5) is 54.0. The zero-order valence-electron chi connectivity index (χ0n) is 21.7. The number of hydrogen-bond acceptors (Lipinski definition) is 5. The van der Waals surface area contributed by atoms with Crippen molar-refractivity contribution in [3.63, 3.8) is 0 Å². The van der Waals surface area contributed by atoms with Crippen molar-refractivity contribution in [3.05, 3.63) is 100 Å². The molecule has 0 aliphatic carbocycles. The Kier molecular flexibility index (Phi) is 9.63. The van der Waals surface area contributed by atoms with E-state index < -0.39 is 29.7 Å². The second-order valence-electron chi connectivity index (χ2n) is 9.55. The summed E-state index contributed by atoms with van der Waals surface area (Å²) < 4.78 is 13.7. The van der Waals surface area contributed by atoms with Crippen LogP contribution in [0.4, 0.5) is 10.1 Å². The summed E-state index contributed by atoms with van der Waals surface area (Å²) in [5, 5.41) is 5.40. The van der Waals surface area contributed by atoms with Gasteiger partial charge in [-0.3, -0.25) is 19.2 Å². The third-order valence-corrected chi connectivity index (χ3v) is 7.14. The number of nitrogens with one attached hydrogen (secondary N) is 2. The summed E-state index contributed by atoms with van der Waals surface area (Å²) in [5.41, 5.74) is 8.11. The molecular weight excluding hydrogens is 535 g/mol. The molecule has 40 heavy (non-hydrogen) atoms. The highest BCUT2D eigenvalue weighted by Crippen LogP contribution is 2.26. The molecule has 10 heteroatoms. The van der Waals surface area contributed by atoms with E-state index in [0.29, 0.717) is 5.56 Å². The maximum Gasteiger partial charge on any atom is 0.247 e. The fraction of sp³-hybridized carbons (Fsp3) is 0.267. The predicted octanol–water partition coefficient (Wildman–Crippen LogP) is 3.87. The lowest BCUT2D eigenvalue weighted by molar-refractivity contribution is -0.142. The van der Waals surface area contributed by atoms with E-state index in [-0.39, 0.29) is 61.2 Å². The van der Waals surface area contributed by atoms with E-state index >= 15 is 0 Å². The normalized spacial score (nSPS) is 15.1. The van der Waals surface area contributed by atoms with Crippen LogP contribution >= 0.6 is 11.6 Å². The topological polar surface area (TPSA) is 122 Å². The standard InChI is InChI=1S/C30H30ClFN4O4/c31-23-11-10-22(32)17-25(23)35-29(39)24(14-15-33)34-30(40)26-16-20-8-4-5-9-21(20)18-36(26)28(38)13-12-27(37)19-6-2-1-3-7-19/h1-11,17,24,26H,12-16,18,33H2,(H,34,40)(H,35,39)/t24?,26-/m0/s1.